The summed E-state index contributed by atoms with van der Waals surface area (Å²) < 4.78 is 4.75. The van der Waals surface area contributed by atoms with Gasteiger partial charge in [0.25, 0.3) is 0 Å². The molecular weight excluding hydrogens is 232 g/mol. The molecular formula is C13H16N2O3. The first-order chi connectivity index (χ1) is 8.65. The molecule has 1 aliphatic heterocycles. The number of aryl methyl sites for hydroxylation is 1. The lowest BCUT2D eigenvalue weighted by Gasteiger charge is -2.12. The Morgan fingerprint density at radius 1 is 1.50 bits per heavy atom. The van der Waals surface area contributed by atoms with Crippen LogP contribution in [0.4, 0.5) is 4.79 Å². The average molecular weight is 248 g/mol. The molecule has 0 bridgehead atoms. The zero-order valence-corrected chi connectivity index (χ0v) is 10.3. The fourth-order valence-electron chi connectivity index (χ4n) is 1.82. The van der Waals surface area contributed by atoms with E-state index in [9.17, 15) is 9.59 Å². The molecule has 1 aliphatic rings. The van der Waals surface area contributed by atoms with Crippen LogP contribution in [0.1, 0.15) is 11.1 Å². The van der Waals surface area contributed by atoms with E-state index < -0.39 is 6.09 Å². The van der Waals surface area contributed by atoms with Gasteiger partial charge in [0.1, 0.15) is 13.2 Å². The second-order valence-electron chi connectivity index (χ2n) is 4.30. The molecule has 2 amide bonds. The maximum atomic E-state index is 11.6. The fraction of sp³-hybridized carbons (Fsp3) is 0.385. The first kappa shape index (κ1) is 12.4. The predicted molar refractivity (Wildman–Crippen MR) is 65.9 cm³/mol. The summed E-state index contributed by atoms with van der Waals surface area (Å²) in [7, 11) is 0. The third-order valence-corrected chi connectivity index (χ3v) is 2.75. The van der Waals surface area contributed by atoms with E-state index in [0.29, 0.717) is 19.7 Å². The molecule has 18 heavy (non-hydrogen) atoms. The van der Waals surface area contributed by atoms with Gasteiger partial charge < -0.3 is 10.1 Å². The van der Waals surface area contributed by atoms with Crippen molar-refractivity contribution in [3.05, 3.63) is 35.4 Å². The maximum absolute atomic E-state index is 11.6. The van der Waals surface area contributed by atoms with Crippen molar-refractivity contribution in [2.24, 2.45) is 0 Å². The van der Waals surface area contributed by atoms with Crippen molar-refractivity contribution in [2.45, 2.75) is 13.5 Å². The van der Waals surface area contributed by atoms with Crippen molar-refractivity contribution in [3.63, 3.8) is 0 Å². The monoisotopic (exact) mass is 248 g/mol. The minimum absolute atomic E-state index is 0.0602. The van der Waals surface area contributed by atoms with Gasteiger partial charge in [0.05, 0.1) is 6.54 Å². The molecule has 0 spiro atoms. The summed E-state index contributed by atoms with van der Waals surface area (Å²) in [6.07, 6.45) is -0.416. The molecule has 0 saturated carbocycles. The van der Waals surface area contributed by atoms with E-state index in [1.807, 2.05) is 31.2 Å². The Labute approximate surface area is 106 Å². The lowest BCUT2D eigenvalue weighted by Crippen LogP contribution is -2.37. The SMILES string of the molecule is Cc1cccc(CNC(=O)CN2CCOC2=O)c1. The topological polar surface area (TPSA) is 58.6 Å². The number of rotatable bonds is 4. The minimum Gasteiger partial charge on any atom is -0.448 e. The van der Waals surface area contributed by atoms with Crippen LogP contribution in [0, 0.1) is 6.92 Å². The van der Waals surface area contributed by atoms with Crippen LogP contribution >= 0.6 is 0 Å². The summed E-state index contributed by atoms with van der Waals surface area (Å²) in [6, 6.07) is 7.93. The van der Waals surface area contributed by atoms with Gasteiger partial charge in [-0.2, -0.15) is 0 Å². The summed E-state index contributed by atoms with van der Waals surface area (Å²) in [6.45, 7) is 3.39. The molecule has 1 fully saturated rings. The molecule has 0 aromatic heterocycles. The number of nitrogens with one attached hydrogen (secondary N) is 1. The molecule has 1 aromatic carbocycles. The van der Waals surface area contributed by atoms with Crippen LogP contribution in [-0.2, 0) is 16.1 Å². The second-order valence-corrected chi connectivity index (χ2v) is 4.30. The fourth-order valence-corrected chi connectivity index (χ4v) is 1.82. The highest BCUT2D eigenvalue weighted by Gasteiger charge is 2.23. The Morgan fingerprint density at radius 3 is 3.00 bits per heavy atom. The van der Waals surface area contributed by atoms with Crippen molar-refractivity contribution < 1.29 is 14.3 Å². The summed E-state index contributed by atoms with van der Waals surface area (Å²) in [4.78, 5) is 24.2. The van der Waals surface area contributed by atoms with Crippen molar-refractivity contribution in [1.29, 1.82) is 0 Å². The van der Waals surface area contributed by atoms with E-state index in [4.69, 9.17) is 4.74 Å². The Morgan fingerprint density at radius 2 is 2.33 bits per heavy atom. The van der Waals surface area contributed by atoms with Crippen molar-refractivity contribution >= 4 is 12.0 Å². The molecule has 0 radical (unpaired) electrons. The van der Waals surface area contributed by atoms with Gasteiger partial charge in [-0.3, -0.25) is 9.69 Å². The zero-order valence-electron chi connectivity index (χ0n) is 10.3. The number of hydrogen-bond donors (Lipinski definition) is 1. The maximum Gasteiger partial charge on any atom is 0.410 e. The zero-order chi connectivity index (χ0) is 13.0. The van der Waals surface area contributed by atoms with E-state index in [2.05, 4.69) is 5.32 Å². The van der Waals surface area contributed by atoms with Crippen LogP contribution in [0.25, 0.3) is 0 Å². The van der Waals surface area contributed by atoms with Crippen LogP contribution in [-0.4, -0.2) is 36.6 Å². The standard InChI is InChI=1S/C13H16N2O3/c1-10-3-2-4-11(7-10)8-14-12(16)9-15-5-6-18-13(15)17/h2-4,7H,5-6,8-9H2,1H3,(H,14,16). The van der Waals surface area contributed by atoms with E-state index in [1.54, 1.807) is 0 Å². The molecule has 0 aliphatic carbocycles. The molecule has 1 N–H and O–H groups in total. The van der Waals surface area contributed by atoms with Crippen LogP contribution in [0.3, 0.4) is 0 Å². The number of hydrogen-bond acceptors (Lipinski definition) is 3. The van der Waals surface area contributed by atoms with Crippen molar-refractivity contribution in [3.8, 4) is 0 Å². The third kappa shape index (κ3) is 3.23. The molecule has 1 aromatic rings. The van der Waals surface area contributed by atoms with Gasteiger partial charge >= 0.3 is 6.09 Å². The first-order valence-corrected chi connectivity index (χ1v) is 5.89. The molecule has 0 atom stereocenters. The Balaban J connectivity index is 1.79. The largest absolute Gasteiger partial charge is 0.448 e. The second kappa shape index (κ2) is 5.53. The number of cyclic esters (lactones) is 1. The lowest BCUT2D eigenvalue weighted by molar-refractivity contribution is -0.121. The number of carbonyl (C=O) groups excluding carboxylic acids is 2. The van der Waals surface area contributed by atoms with Gasteiger partial charge in [-0.25, -0.2) is 4.79 Å². The summed E-state index contributed by atoms with van der Waals surface area (Å²) in [5, 5.41) is 2.79. The normalized spacial score (nSPS) is 14.5. The van der Waals surface area contributed by atoms with E-state index in [-0.39, 0.29) is 12.5 Å². The first-order valence-electron chi connectivity index (χ1n) is 5.89. The molecule has 5 heteroatoms. The summed E-state index contributed by atoms with van der Waals surface area (Å²) >= 11 is 0. The molecule has 1 saturated heterocycles. The summed E-state index contributed by atoms with van der Waals surface area (Å²) in [5.74, 6) is -0.171. The number of ether oxygens (including phenoxy) is 1. The number of nitrogens with zero attached hydrogens (tertiary/aromatic N) is 1. The summed E-state index contributed by atoms with van der Waals surface area (Å²) in [5.41, 5.74) is 2.21. The Bertz CT molecular complexity index is 459. The molecule has 1 heterocycles. The van der Waals surface area contributed by atoms with Gasteiger partial charge in [-0.05, 0) is 12.5 Å². The molecule has 0 unspecified atom stereocenters. The smallest absolute Gasteiger partial charge is 0.410 e. The van der Waals surface area contributed by atoms with Gasteiger partial charge in [0, 0.05) is 6.54 Å². The van der Waals surface area contributed by atoms with Gasteiger partial charge in [-0.15, -0.1) is 0 Å². The van der Waals surface area contributed by atoms with Crippen LogP contribution < -0.4 is 5.32 Å². The van der Waals surface area contributed by atoms with Crippen molar-refractivity contribution in [1.82, 2.24) is 10.2 Å². The highest BCUT2D eigenvalue weighted by Crippen LogP contribution is 2.04. The van der Waals surface area contributed by atoms with E-state index in [1.165, 1.54) is 4.90 Å². The third-order valence-electron chi connectivity index (χ3n) is 2.75. The van der Waals surface area contributed by atoms with Gasteiger partial charge in [0.2, 0.25) is 5.91 Å². The Hall–Kier alpha value is -2.04. The van der Waals surface area contributed by atoms with Gasteiger partial charge in [-0.1, -0.05) is 29.8 Å². The number of carbonyl (C=O) groups is 2. The highest BCUT2D eigenvalue weighted by molar-refractivity contribution is 5.82. The predicted octanol–water partition coefficient (Wildman–Crippen LogP) is 1.06. The Kier molecular flexibility index (Phi) is 3.82. The highest BCUT2D eigenvalue weighted by atomic mass is 16.6. The quantitative estimate of drug-likeness (QED) is 0.867. The number of amides is 2. The van der Waals surface area contributed by atoms with E-state index in [0.717, 1.165) is 11.1 Å². The average Bonchev–Trinajstić information content (AvgIpc) is 2.73. The molecule has 5 nitrogen and oxygen atoms in total. The van der Waals surface area contributed by atoms with Crippen LogP contribution in [0.15, 0.2) is 24.3 Å². The van der Waals surface area contributed by atoms with Crippen LogP contribution in [0.2, 0.25) is 0 Å². The van der Waals surface area contributed by atoms with E-state index >= 15 is 0 Å². The minimum atomic E-state index is -0.416. The lowest BCUT2D eigenvalue weighted by atomic mass is 10.1. The van der Waals surface area contributed by atoms with Gasteiger partial charge in [0.15, 0.2) is 0 Å². The molecule has 96 valence electrons. The molecule has 2 rings (SSSR count). The number of benzene rings is 1. The van der Waals surface area contributed by atoms with Crippen LogP contribution in [0.5, 0.6) is 0 Å². The van der Waals surface area contributed by atoms with Crippen molar-refractivity contribution in [2.75, 3.05) is 19.7 Å².